The molecule has 1 fully saturated rings. The standard InChI is InChI=1S/C18H23N3/c1-13-10-17(12-20-18(13)19)16-7-5-6-15(11-16)14(2)21-8-3-4-9-21/h5-7,10-12,14H,3-4,8-9H2,1-2H3,(H2,19,20). The van der Waals surface area contributed by atoms with Crippen LogP contribution in [0, 0.1) is 6.92 Å². The van der Waals surface area contributed by atoms with E-state index in [-0.39, 0.29) is 0 Å². The van der Waals surface area contributed by atoms with E-state index in [0.717, 1.165) is 11.1 Å². The highest BCUT2D eigenvalue weighted by Crippen LogP contribution is 2.28. The Bertz CT molecular complexity index is 630. The number of rotatable bonds is 3. The highest BCUT2D eigenvalue weighted by atomic mass is 15.2. The van der Waals surface area contributed by atoms with Gasteiger partial charge in [-0.2, -0.15) is 0 Å². The van der Waals surface area contributed by atoms with Crippen molar-refractivity contribution < 1.29 is 0 Å². The van der Waals surface area contributed by atoms with Gasteiger partial charge in [0.2, 0.25) is 0 Å². The summed E-state index contributed by atoms with van der Waals surface area (Å²) in [5.41, 5.74) is 10.6. The number of hydrogen-bond acceptors (Lipinski definition) is 3. The minimum atomic E-state index is 0.482. The summed E-state index contributed by atoms with van der Waals surface area (Å²) in [6, 6.07) is 11.4. The molecule has 1 aliphatic rings. The van der Waals surface area contributed by atoms with Gasteiger partial charge in [0.05, 0.1) is 0 Å². The molecule has 0 spiro atoms. The molecule has 0 aliphatic carbocycles. The van der Waals surface area contributed by atoms with Crippen molar-refractivity contribution in [3.63, 3.8) is 0 Å². The van der Waals surface area contributed by atoms with Crippen LogP contribution in [0.25, 0.3) is 11.1 Å². The Morgan fingerprint density at radius 3 is 2.62 bits per heavy atom. The highest BCUT2D eigenvalue weighted by molar-refractivity contribution is 5.66. The van der Waals surface area contributed by atoms with Crippen molar-refractivity contribution in [1.29, 1.82) is 0 Å². The maximum Gasteiger partial charge on any atom is 0.126 e. The number of hydrogen-bond donors (Lipinski definition) is 1. The van der Waals surface area contributed by atoms with Gasteiger partial charge < -0.3 is 5.73 Å². The van der Waals surface area contributed by atoms with Gasteiger partial charge in [-0.05, 0) is 68.6 Å². The van der Waals surface area contributed by atoms with Crippen molar-refractivity contribution in [2.75, 3.05) is 18.8 Å². The highest BCUT2D eigenvalue weighted by Gasteiger charge is 2.19. The molecule has 1 aromatic heterocycles. The predicted octanol–water partition coefficient (Wildman–Crippen LogP) is 3.80. The molecule has 1 saturated heterocycles. The van der Waals surface area contributed by atoms with Crippen molar-refractivity contribution >= 4 is 5.82 Å². The second kappa shape index (κ2) is 5.86. The molecule has 2 N–H and O–H groups in total. The fourth-order valence-corrected chi connectivity index (χ4v) is 3.06. The Kier molecular flexibility index (Phi) is 3.93. The molecular formula is C18H23N3. The SMILES string of the molecule is Cc1cc(-c2cccc(C(C)N3CCCC3)c2)cnc1N. The van der Waals surface area contributed by atoms with E-state index >= 15 is 0 Å². The quantitative estimate of drug-likeness (QED) is 0.930. The summed E-state index contributed by atoms with van der Waals surface area (Å²) in [6.07, 6.45) is 4.51. The molecule has 1 aromatic carbocycles. The second-order valence-corrected chi connectivity index (χ2v) is 5.97. The first-order valence-corrected chi connectivity index (χ1v) is 7.71. The van der Waals surface area contributed by atoms with E-state index in [0.29, 0.717) is 11.9 Å². The average Bonchev–Trinajstić information content (AvgIpc) is 3.04. The molecule has 0 bridgehead atoms. The summed E-state index contributed by atoms with van der Waals surface area (Å²) in [6.45, 7) is 6.74. The molecule has 110 valence electrons. The molecule has 2 heterocycles. The van der Waals surface area contributed by atoms with E-state index in [2.05, 4.69) is 47.1 Å². The number of anilines is 1. The van der Waals surface area contributed by atoms with Crippen LogP contribution in [0.1, 0.15) is 36.9 Å². The number of nitrogens with two attached hydrogens (primary N) is 1. The van der Waals surface area contributed by atoms with Crippen LogP contribution < -0.4 is 5.73 Å². The first-order valence-electron chi connectivity index (χ1n) is 7.71. The molecule has 3 heteroatoms. The van der Waals surface area contributed by atoms with Gasteiger partial charge in [-0.1, -0.05) is 18.2 Å². The summed E-state index contributed by atoms with van der Waals surface area (Å²) in [5, 5.41) is 0. The van der Waals surface area contributed by atoms with Crippen molar-refractivity contribution in [2.45, 2.75) is 32.7 Å². The number of nitrogens with zero attached hydrogens (tertiary/aromatic N) is 2. The molecule has 1 aliphatic heterocycles. The lowest BCUT2D eigenvalue weighted by molar-refractivity contribution is 0.263. The number of aryl methyl sites for hydroxylation is 1. The fraction of sp³-hybridized carbons (Fsp3) is 0.389. The minimum Gasteiger partial charge on any atom is -0.383 e. The van der Waals surface area contributed by atoms with Crippen LogP contribution in [0.4, 0.5) is 5.82 Å². The molecule has 3 rings (SSSR count). The van der Waals surface area contributed by atoms with Gasteiger partial charge in [0.15, 0.2) is 0 Å². The van der Waals surface area contributed by atoms with Gasteiger partial charge in [0.25, 0.3) is 0 Å². The Labute approximate surface area is 126 Å². The predicted molar refractivity (Wildman–Crippen MR) is 88.0 cm³/mol. The summed E-state index contributed by atoms with van der Waals surface area (Å²) in [5.74, 6) is 0.611. The lowest BCUT2D eigenvalue weighted by Gasteiger charge is -2.24. The molecule has 0 saturated carbocycles. The van der Waals surface area contributed by atoms with Crippen LogP contribution in [-0.2, 0) is 0 Å². The van der Waals surface area contributed by atoms with E-state index in [4.69, 9.17) is 5.73 Å². The van der Waals surface area contributed by atoms with Crippen molar-refractivity contribution in [3.05, 3.63) is 47.7 Å². The summed E-state index contributed by atoms with van der Waals surface area (Å²) in [4.78, 5) is 6.84. The second-order valence-electron chi connectivity index (χ2n) is 5.97. The molecule has 3 nitrogen and oxygen atoms in total. The molecule has 0 amide bonds. The number of benzene rings is 1. The average molecular weight is 281 g/mol. The van der Waals surface area contributed by atoms with Crippen LogP contribution in [0.2, 0.25) is 0 Å². The maximum absolute atomic E-state index is 5.81. The van der Waals surface area contributed by atoms with Crippen molar-refractivity contribution in [2.24, 2.45) is 0 Å². The van der Waals surface area contributed by atoms with Gasteiger partial charge in [0.1, 0.15) is 5.82 Å². The molecule has 21 heavy (non-hydrogen) atoms. The normalized spacial score (nSPS) is 17.0. The monoisotopic (exact) mass is 281 g/mol. The van der Waals surface area contributed by atoms with Crippen LogP contribution in [-0.4, -0.2) is 23.0 Å². The fourth-order valence-electron chi connectivity index (χ4n) is 3.06. The first kappa shape index (κ1) is 14.1. The zero-order valence-electron chi connectivity index (χ0n) is 12.8. The van der Waals surface area contributed by atoms with Crippen LogP contribution >= 0.6 is 0 Å². The topological polar surface area (TPSA) is 42.2 Å². The molecule has 2 aromatic rings. The van der Waals surface area contributed by atoms with Crippen LogP contribution in [0.3, 0.4) is 0 Å². The minimum absolute atomic E-state index is 0.482. The Morgan fingerprint density at radius 1 is 1.14 bits per heavy atom. The third-order valence-corrected chi connectivity index (χ3v) is 4.51. The van der Waals surface area contributed by atoms with E-state index < -0.39 is 0 Å². The zero-order valence-corrected chi connectivity index (χ0v) is 12.8. The maximum atomic E-state index is 5.81. The largest absolute Gasteiger partial charge is 0.383 e. The van der Waals surface area contributed by atoms with Gasteiger partial charge >= 0.3 is 0 Å². The van der Waals surface area contributed by atoms with Gasteiger partial charge in [-0.15, -0.1) is 0 Å². The third kappa shape index (κ3) is 2.93. The Balaban J connectivity index is 1.90. The van der Waals surface area contributed by atoms with Crippen LogP contribution in [0.15, 0.2) is 36.5 Å². The lowest BCUT2D eigenvalue weighted by atomic mass is 10.00. The number of pyridine rings is 1. The Morgan fingerprint density at radius 2 is 1.90 bits per heavy atom. The molecule has 0 radical (unpaired) electrons. The van der Waals surface area contributed by atoms with Crippen molar-refractivity contribution in [3.8, 4) is 11.1 Å². The summed E-state index contributed by atoms with van der Waals surface area (Å²) >= 11 is 0. The smallest absolute Gasteiger partial charge is 0.126 e. The lowest BCUT2D eigenvalue weighted by Crippen LogP contribution is -2.23. The number of likely N-dealkylation sites (tertiary alicyclic amines) is 1. The van der Waals surface area contributed by atoms with Crippen molar-refractivity contribution in [1.82, 2.24) is 9.88 Å². The Hall–Kier alpha value is -1.87. The van der Waals surface area contributed by atoms with E-state index in [9.17, 15) is 0 Å². The van der Waals surface area contributed by atoms with Gasteiger partial charge in [0, 0.05) is 17.8 Å². The number of nitrogen functional groups attached to an aromatic ring is 1. The first-order chi connectivity index (χ1) is 10.1. The van der Waals surface area contributed by atoms with E-state index in [1.165, 1.54) is 37.1 Å². The number of aromatic nitrogens is 1. The van der Waals surface area contributed by atoms with Gasteiger partial charge in [-0.25, -0.2) is 4.98 Å². The van der Waals surface area contributed by atoms with Gasteiger partial charge in [-0.3, -0.25) is 4.90 Å². The molecular weight excluding hydrogens is 258 g/mol. The molecule has 1 unspecified atom stereocenters. The summed E-state index contributed by atoms with van der Waals surface area (Å²) < 4.78 is 0. The zero-order chi connectivity index (χ0) is 14.8. The van der Waals surface area contributed by atoms with E-state index in [1.807, 2.05) is 13.1 Å². The van der Waals surface area contributed by atoms with E-state index in [1.54, 1.807) is 0 Å². The summed E-state index contributed by atoms with van der Waals surface area (Å²) in [7, 11) is 0. The third-order valence-electron chi connectivity index (χ3n) is 4.51. The van der Waals surface area contributed by atoms with Crippen LogP contribution in [0.5, 0.6) is 0 Å². The molecule has 1 atom stereocenters.